The molecule has 3 amide bonds. The first-order chi connectivity index (χ1) is 12.0. The molecule has 7 heteroatoms. The number of nitrogens with zero attached hydrogens (tertiary/aromatic N) is 1. The first-order valence-electron chi connectivity index (χ1n) is 7.44. The zero-order chi connectivity index (χ0) is 18.0. The Morgan fingerprint density at radius 1 is 1.20 bits per heavy atom. The lowest BCUT2D eigenvalue weighted by molar-refractivity contribution is -0.123. The summed E-state index contributed by atoms with van der Waals surface area (Å²) in [5.41, 5.74) is 1.26. The summed E-state index contributed by atoms with van der Waals surface area (Å²) in [5.74, 6) is -0.649. The summed E-state index contributed by atoms with van der Waals surface area (Å²) in [6.45, 7) is 0.0378. The van der Waals surface area contributed by atoms with Gasteiger partial charge in [-0.3, -0.25) is 9.69 Å². The van der Waals surface area contributed by atoms with Crippen LogP contribution in [0.5, 0.6) is 11.5 Å². The third-order valence-electron chi connectivity index (χ3n) is 3.73. The van der Waals surface area contributed by atoms with E-state index in [4.69, 9.17) is 4.74 Å². The normalized spacial score (nSPS) is 15.6. The predicted molar refractivity (Wildman–Crippen MR) is 88.1 cm³/mol. The number of amides is 3. The molecule has 128 valence electrons. The zero-order valence-corrected chi connectivity index (χ0v) is 13.3. The molecule has 1 aliphatic rings. The highest BCUT2D eigenvalue weighted by molar-refractivity contribution is 6.13. The van der Waals surface area contributed by atoms with Gasteiger partial charge in [0.25, 0.3) is 5.91 Å². The van der Waals surface area contributed by atoms with Gasteiger partial charge in [0.1, 0.15) is 11.5 Å². The molecule has 1 fully saturated rings. The fourth-order valence-electron chi connectivity index (χ4n) is 2.45. The minimum Gasteiger partial charge on any atom is -0.504 e. The second-order valence-corrected chi connectivity index (χ2v) is 5.44. The summed E-state index contributed by atoms with van der Waals surface area (Å²) in [6, 6.07) is 9.63. The molecule has 0 unspecified atom stereocenters. The molecule has 25 heavy (non-hydrogen) atoms. The molecule has 0 saturated carbocycles. The van der Waals surface area contributed by atoms with Gasteiger partial charge in [0.05, 0.1) is 13.7 Å². The van der Waals surface area contributed by atoms with Crippen molar-refractivity contribution in [1.29, 1.82) is 0 Å². The quantitative estimate of drug-likeness (QED) is 0.661. The van der Waals surface area contributed by atoms with Crippen LogP contribution in [0.15, 0.2) is 48.2 Å². The third-order valence-corrected chi connectivity index (χ3v) is 3.73. The molecule has 0 spiro atoms. The number of hydrogen-bond donors (Lipinski definition) is 2. The van der Waals surface area contributed by atoms with Gasteiger partial charge >= 0.3 is 6.03 Å². The predicted octanol–water partition coefficient (Wildman–Crippen LogP) is 2.63. The van der Waals surface area contributed by atoms with Crippen molar-refractivity contribution in [1.82, 2.24) is 10.2 Å². The van der Waals surface area contributed by atoms with Crippen molar-refractivity contribution in [2.24, 2.45) is 0 Å². The second kappa shape index (κ2) is 6.64. The van der Waals surface area contributed by atoms with Crippen LogP contribution in [0.3, 0.4) is 0 Å². The molecule has 0 radical (unpaired) electrons. The van der Waals surface area contributed by atoms with Crippen LogP contribution in [0, 0.1) is 5.82 Å². The van der Waals surface area contributed by atoms with Crippen molar-refractivity contribution in [2.45, 2.75) is 6.54 Å². The molecule has 0 aromatic heterocycles. The van der Waals surface area contributed by atoms with E-state index in [1.165, 1.54) is 43.5 Å². The molecular weight excluding hydrogens is 327 g/mol. The fraction of sp³-hybridized carbons (Fsp3) is 0.111. The smallest absolute Gasteiger partial charge is 0.329 e. The van der Waals surface area contributed by atoms with Crippen LogP contribution < -0.4 is 10.1 Å². The Labute approximate surface area is 143 Å². The number of urea groups is 1. The van der Waals surface area contributed by atoms with Crippen LogP contribution in [0.25, 0.3) is 6.08 Å². The van der Waals surface area contributed by atoms with Crippen molar-refractivity contribution in [3.05, 3.63) is 65.1 Å². The molecule has 1 heterocycles. The number of phenolic OH excluding ortho intramolecular Hbond substituents is 1. The van der Waals surface area contributed by atoms with Gasteiger partial charge in [-0.15, -0.1) is 0 Å². The summed E-state index contributed by atoms with van der Waals surface area (Å²) in [5, 5.41) is 12.3. The Morgan fingerprint density at radius 2 is 1.92 bits per heavy atom. The number of halogens is 1. The first-order valence-corrected chi connectivity index (χ1v) is 7.44. The van der Waals surface area contributed by atoms with E-state index in [0.717, 1.165) is 4.90 Å². The maximum Gasteiger partial charge on any atom is 0.329 e. The molecule has 0 bridgehead atoms. The number of carbonyl (C=O) groups is 2. The lowest BCUT2D eigenvalue weighted by atomic mass is 10.1. The van der Waals surface area contributed by atoms with Gasteiger partial charge in [-0.05, 0) is 41.5 Å². The van der Waals surface area contributed by atoms with Crippen molar-refractivity contribution >= 4 is 18.0 Å². The van der Waals surface area contributed by atoms with E-state index >= 15 is 0 Å². The van der Waals surface area contributed by atoms with Crippen molar-refractivity contribution < 1.29 is 23.8 Å². The minimum absolute atomic E-state index is 0.0378. The Morgan fingerprint density at radius 3 is 2.56 bits per heavy atom. The Kier molecular flexibility index (Phi) is 4.38. The number of hydrogen-bond acceptors (Lipinski definition) is 4. The van der Waals surface area contributed by atoms with E-state index in [1.54, 1.807) is 12.1 Å². The second-order valence-electron chi connectivity index (χ2n) is 5.44. The molecule has 1 saturated heterocycles. The van der Waals surface area contributed by atoms with Crippen LogP contribution in [0.1, 0.15) is 11.1 Å². The van der Waals surface area contributed by atoms with E-state index in [-0.39, 0.29) is 23.8 Å². The summed E-state index contributed by atoms with van der Waals surface area (Å²) in [7, 11) is 1.43. The number of rotatable bonds is 4. The maximum atomic E-state index is 12.9. The van der Waals surface area contributed by atoms with E-state index < -0.39 is 11.9 Å². The summed E-state index contributed by atoms with van der Waals surface area (Å²) in [4.78, 5) is 25.5. The number of benzene rings is 2. The highest BCUT2D eigenvalue weighted by atomic mass is 19.1. The number of imide groups is 1. The standard InChI is InChI=1S/C18H15FN2O4/c1-25-16-7-4-12(9-15(16)22)8-14-17(23)21(18(24)20-14)10-11-2-5-13(19)6-3-11/h2-9,22H,10H2,1H3,(H,20,24)/b14-8+. The lowest BCUT2D eigenvalue weighted by Gasteiger charge is -2.11. The Bertz CT molecular complexity index is 862. The minimum atomic E-state index is -0.557. The average Bonchev–Trinajstić information content (AvgIpc) is 2.84. The molecule has 0 atom stereocenters. The van der Waals surface area contributed by atoms with Crippen molar-refractivity contribution in [3.8, 4) is 11.5 Å². The Hall–Kier alpha value is -3.35. The van der Waals surface area contributed by atoms with Crippen molar-refractivity contribution in [3.63, 3.8) is 0 Å². The summed E-state index contributed by atoms with van der Waals surface area (Å²) in [6.07, 6.45) is 1.46. The van der Waals surface area contributed by atoms with E-state index in [1.807, 2.05) is 0 Å². The van der Waals surface area contributed by atoms with Crippen LogP contribution in [-0.4, -0.2) is 29.1 Å². The molecule has 0 aliphatic carbocycles. The number of ether oxygens (including phenoxy) is 1. The molecule has 2 aromatic carbocycles. The van der Waals surface area contributed by atoms with E-state index in [0.29, 0.717) is 16.9 Å². The largest absolute Gasteiger partial charge is 0.504 e. The summed E-state index contributed by atoms with van der Waals surface area (Å²) < 4.78 is 17.9. The van der Waals surface area contributed by atoms with Gasteiger partial charge < -0.3 is 15.2 Å². The topological polar surface area (TPSA) is 78.9 Å². The Balaban J connectivity index is 1.80. The van der Waals surface area contributed by atoms with Crippen molar-refractivity contribution in [2.75, 3.05) is 7.11 Å². The van der Waals surface area contributed by atoms with Gasteiger partial charge in [-0.2, -0.15) is 0 Å². The number of carbonyl (C=O) groups excluding carboxylic acids is 2. The lowest BCUT2D eigenvalue weighted by Crippen LogP contribution is -2.30. The van der Waals surface area contributed by atoms with Gasteiger partial charge in [0.15, 0.2) is 11.5 Å². The van der Waals surface area contributed by atoms with Crippen LogP contribution in [0.4, 0.5) is 9.18 Å². The van der Waals surface area contributed by atoms with E-state index in [2.05, 4.69) is 5.32 Å². The fourth-order valence-corrected chi connectivity index (χ4v) is 2.45. The van der Waals surface area contributed by atoms with Gasteiger partial charge in [-0.1, -0.05) is 18.2 Å². The highest BCUT2D eigenvalue weighted by Gasteiger charge is 2.33. The first kappa shape index (κ1) is 16.5. The molecule has 1 aliphatic heterocycles. The van der Waals surface area contributed by atoms with Crippen LogP contribution >= 0.6 is 0 Å². The number of methoxy groups -OCH3 is 1. The molecule has 3 rings (SSSR count). The maximum absolute atomic E-state index is 12.9. The highest BCUT2D eigenvalue weighted by Crippen LogP contribution is 2.27. The van der Waals surface area contributed by atoms with Gasteiger partial charge in [0, 0.05) is 0 Å². The molecule has 6 nitrogen and oxygen atoms in total. The number of nitrogens with one attached hydrogen (secondary N) is 1. The number of phenols is 1. The molecule has 2 aromatic rings. The average molecular weight is 342 g/mol. The van der Waals surface area contributed by atoms with Crippen LogP contribution in [0.2, 0.25) is 0 Å². The zero-order valence-electron chi connectivity index (χ0n) is 13.3. The monoisotopic (exact) mass is 342 g/mol. The van der Waals surface area contributed by atoms with E-state index in [9.17, 15) is 19.1 Å². The van der Waals surface area contributed by atoms with Crippen LogP contribution in [-0.2, 0) is 11.3 Å². The number of aromatic hydroxyl groups is 1. The molecule has 2 N–H and O–H groups in total. The third kappa shape index (κ3) is 3.45. The molecular formula is C18H15FN2O4. The summed E-state index contributed by atoms with van der Waals surface area (Å²) >= 11 is 0. The van der Waals surface area contributed by atoms with Gasteiger partial charge in [-0.25, -0.2) is 9.18 Å². The SMILES string of the molecule is COc1ccc(/C=C2/NC(=O)N(Cc3ccc(F)cc3)C2=O)cc1O. The van der Waals surface area contributed by atoms with Gasteiger partial charge in [0.2, 0.25) is 0 Å².